The molecule has 2 atom stereocenters. The first-order valence-corrected chi connectivity index (χ1v) is 11.5. The first-order valence-electron chi connectivity index (χ1n) is 11.5. The van der Waals surface area contributed by atoms with Crippen molar-refractivity contribution in [3.05, 3.63) is 76.2 Å². The molecule has 2 N–H and O–H groups in total. The Kier molecular flexibility index (Phi) is 5.69. The normalized spacial score (nSPS) is 19.1. The predicted molar refractivity (Wildman–Crippen MR) is 129 cm³/mol. The lowest BCUT2D eigenvalue weighted by Gasteiger charge is -2.36. The monoisotopic (exact) mass is 461 g/mol. The first-order chi connectivity index (χ1) is 16.3. The SMILES string of the molecule is Cc1nc(NCc2ccc3c(c2)CO[C@H]3c2ccc(F)cc2)nc2c1NC(=O)[C@H](C(C)C)N2C. The van der Waals surface area contributed by atoms with Crippen LogP contribution in [-0.4, -0.2) is 29.0 Å². The van der Waals surface area contributed by atoms with Crippen LogP contribution in [0.15, 0.2) is 42.5 Å². The summed E-state index contributed by atoms with van der Waals surface area (Å²) in [6.45, 7) is 6.99. The van der Waals surface area contributed by atoms with E-state index >= 15 is 0 Å². The number of hydrogen-bond donors (Lipinski definition) is 2. The van der Waals surface area contributed by atoms with Crippen LogP contribution in [0.3, 0.4) is 0 Å². The number of nitrogens with one attached hydrogen (secondary N) is 2. The molecule has 3 aromatic rings. The van der Waals surface area contributed by atoms with Gasteiger partial charge in [0.25, 0.3) is 0 Å². The third kappa shape index (κ3) is 3.98. The smallest absolute Gasteiger partial charge is 0.247 e. The average Bonchev–Trinajstić information content (AvgIpc) is 3.22. The summed E-state index contributed by atoms with van der Waals surface area (Å²) in [5, 5.41) is 6.30. The Morgan fingerprint density at radius 2 is 1.97 bits per heavy atom. The van der Waals surface area contributed by atoms with Crippen LogP contribution in [-0.2, 0) is 22.7 Å². The summed E-state index contributed by atoms with van der Waals surface area (Å²) in [4.78, 5) is 23.7. The number of carbonyl (C=O) groups is 1. The van der Waals surface area contributed by atoms with Crippen molar-refractivity contribution in [3.8, 4) is 0 Å². The number of ether oxygens (including phenoxy) is 1. The maximum Gasteiger partial charge on any atom is 0.247 e. The number of fused-ring (bicyclic) bond motifs is 2. The molecule has 2 aliphatic rings. The Bertz CT molecular complexity index is 1240. The molecule has 2 aliphatic heterocycles. The Morgan fingerprint density at radius 1 is 1.21 bits per heavy atom. The van der Waals surface area contributed by atoms with Crippen molar-refractivity contribution in [2.45, 2.75) is 46.1 Å². The molecule has 2 aromatic carbocycles. The summed E-state index contributed by atoms with van der Waals surface area (Å²) in [5.41, 5.74) is 5.64. The van der Waals surface area contributed by atoms with Gasteiger partial charge in [0.15, 0.2) is 5.82 Å². The van der Waals surface area contributed by atoms with E-state index in [9.17, 15) is 9.18 Å². The second kappa shape index (κ2) is 8.68. The van der Waals surface area contributed by atoms with E-state index in [1.807, 2.05) is 32.7 Å². The molecule has 3 heterocycles. The van der Waals surface area contributed by atoms with E-state index in [4.69, 9.17) is 9.72 Å². The molecule has 1 amide bonds. The summed E-state index contributed by atoms with van der Waals surface area (Å²) in [7, 11) is 1.90. The van der Waals surface area contributed by atoms with Gasteiger partial charge in [-0.1, -0.05) is 44.2 Å². The van der Waals surface area contributed by atoms with Crippen LogP contribution < -0.4 is 15.5 Å². The van der Waals surface area contributed by atoms with E-state index in [2.05, 4.69) is 33.8 Å². The quantitative estimate of drug-likeness (QED) is 0.580. The van der Waals surface area contributed by atoms with Crippen LogP contribution in [0.2, 0.25) is 0 Å². The summed E-state index contributed by atoms with van der Waals surface area (Å²) >= 11 is 0. The van der Waals surface area contributed by atoms with Crippen LogP contribution in [0, 0.1) is 18.7 Å². The molecule has 0 saturated carbocycles. The number of amides is 1. The van der Waals surface area contributed by atoms with E-state index in [-0.39, 0.29) is 29.8 Å². The Morgan fingerprint density at radius 3 is 2.71 bits per heavy atom. The molecule has 0 bridgehead atoms. The summed E-state index contributed by atoms with van der Waals surface area (Å²) < 4.78 is 19.3. The number of nitrogens with zero attached hydrogens (tertiary/aromatic N) is 3. The summed E-state index contributed by atoms with van der Waals surface area (Å²) in [5.74, 6) is 1.10. The number of benzene rings is 2. The lowest BCUT2D eigenvalue weighted by Crippen LogP contribution is -2.49. The van der Waals surface area contributed by atoms with Crippen molar-refractivity contribution in [2.75, 3.05) is 22.6 Å². The van der Waals surface area contributed by atoms with Gasteiger partial charge in [0, 0.05) is 13.6 Å². The fourth-order valence-electron chi connectivity index (χ4n) is 4.80. The minimum Gasteiger partial charge on any atom is -0.364 e. The zero-order valence-corrected chi connectivity index (χ0v) is 19.7. The lowest BCUT2D eigenvalue weighted by molar-refractivity contribution is -0.118. The topological polar surface area (TPSA) is 79.4 Å². The highest BCUT2D eigenvalue weighted by Gasteiger charge is 2.35. The third-order valence-electron chi connectivity index (χ3n) is 6.49. The molecule has 7 nitrogen and oxygen atoms in total. The van der Waals surface area contributed by atoms with Gasteiger partial charge in [0.05, 0.1) is 12.3 Å². The van der Waals surface area contributed by atoms with Crippen molar-refractivity contribution < 1.29 is 13.9 Å². The molecule has 0 aliphatic carbocycles. The van der Waals surface area contributed by atoms with Crippen LogP contribution in [0.5, 0.6) is 0 Å². The fourth-order valence-corrected chi connectivity index (χ4v) is 4.80. The number of aryl methyl sites for hydroxylation is 1. The molecule has 5 rings (SSSR count). The van der Waals surface area contributed by atoms with Gasteiger partial charge in [-0.15, -0.1) is 0 Å². The summed E-state index contributed by atoms with van der Waals surface area (Å²) in [6.07, 6.45) is -0.177. The van der Waals surface area contributed by atoms with Crippen molar-refractivity contribution in [3.63, 3.8) is 0 Å². The average molecular weight is 462 g/mol. The third-order valence-corrected chi connectivity index (χ3v) is 6.49. The number of hydrogen-bond acceptors (Lipinski definition) is 6. The van der Waals surface area contributed by atoms with Crippen molar-refractivity contribution >= 4 is 23.4 Å². The standard InChI is InChI=1S/C26H28FN5O2/c1-14(2)22-25(33)30-21-15(3)29-26(31-24(21)32(22)4)28-12-16-5-10-20-18(11-16)13-34-23(20)17-6-8-19(27)9-7-17/h5-11,14,22-23H,12-13H2,1-4H3,(H,30,33)(H,28,29,31)/t22-,23-/m0/s1. The largest absolute Gasteiger partial charge is 0.364 e. The Labute approximate surface area is 198 Å². The van der Waals surface area contributed by atoms with Gasteiger partial charge in [0.1, 0.15) is 23.7 Å². The van der Waals surface area contributed by atoms with E-state index in [0.29, 0.717) is 24.8 Å². The number of likely N-dealkylation sites (N-methyl/N-ethyl adjacent to an activating group) is 1. The van der Waals surface area contributed by atoms with Crippen LogP contribution >= 0.6 is 0 Å². The number of carbonyl (C=O) groups excluding carboxylic acids is 1. The van der Waals surface area contributed by atoms with E-state index < -0.39 is 0 Å². The maximum absolute atomic E-state index is 13.3. The molecular formula is C26H28FN5O2. The lowest BCUT2D eigenvalue weighted by atomic mass is 9.97. The maximum atomic E-state index is 13.3. The number of aromatic nitrogens is 2. The van der Waals surface area contributed by atoms with Gasteiger partial charge in [-0.3, -0.25) is 4.79 Å². The fraction of sp³-hybridized carbons (Fsp3) is 0.346. The van der Waals surface area contributed by atoms with Crippen LogP contribution in [0.4, 0.5) is 21.8 Å². The van der Waals surface area contributed by atoms with Gasteiger partial charge >= 0.3 is 0 Å². The highest BCUT2D eigenvalue weighted by atomic mass is 19.1. The highest BCUT2D eigenvalue weighted by Crippen LogP contribution is 2.37. The number of halogens is 1. The van der Waals surface area contributed by atoms with Crippen molar-refractivity contribution in [1.82, 2.24) is 9.97 Å². The zero-order chi connectivity index (χ0) is 24.0. The molecule has 0 saturated heterocycles. The highest BCUT2D eigenvalue weighted by molar-refractivity contribution is 6.03. The van der Waals surface area contributed by atoms with E-state index in [1.165, 1.54) is 12.1 Å². The molecule has 0 fully saturated rings. The van der Waals surface area contributed by atoms with Crippen molar-refractivity contribution in [2.24, 2.45) is 5.92 Å². The molecule has 0 unspecified atom stereocenters. The molecule has 8 heteroatoms. The van der Waals surface area contributed by atoms with Crippen LogP contribution in [0.25, 0.3) is 0 Å². The molecule has 1 aromatic heterocycles. The molecule has 0 spiro atoms. The Hall–Kier alpha value is -3.52. The van der Waals surface area contributed by atoms with Crippen molar-refractivity contribution in [1.29, 1.82) is 0 Å². The molecule has 34 heavy (non-hydrogen) atoms. The Balaban J connectivity index is 1.33. The summed E-state index contributed by atoms with van der Waals surface area (Å²) in [6, 6.07) is 12.4. The molecule has 0 radical (unpaired) electrons. The van der Waals surface area contributed by atoms with Gasteiger partial charge in [0.2, 0.25) is 11.9 Å². The predicted octanol–water partition coefficient (Wildman–Crippen LogP) is 4.57. The van der Waals surface area contributed by atoms with Gasteiger partial charge < -0.3 is 20.3 Å². The van der Waals surface area contributed by atoms with Gasteiger partial charge in [-0.2, -0.15) is 4.98 Å². The van der Waals surface area contributed by atoms with E-state index in [0.717, 1.165) is 33.8 Å². The molecule has 176 valence electrons. The number of anilines is 3. The zero-order valence-electron chi connectivity index (χ0n) is 19.7. The number of rotatable bonds is 5. The minimum absolute atomic E-state index is 0.0308. The van der Waals surface area contributed by atoms with E-state index in [1.54, 1.807) is 12.1 Å². The van der Waals surface area contributed by atoms with Gasteiger partial charge in [-0.05, 0) is 47.2 Å². The minimum atomic E-state index is -0.277. The van der Waals surface area contributed by atoms with Gasteiger partial charge in [-0.25, -0.2) is 9.37 Å². The second-order valence-electron chi connectivity index (χ2n) is 9.25. The second-order valence-corrected chi connectivity index (χ2v) is 9.25. The first kappa shape index (κ1) is 22.3. The van der Waals surface area contributed by atoms with Crippen LogP contribution in [0.1, 0.15) is 47.9 Å². The molecular weight excluding hydrogens is 433 g/mol.